The second kappa shape index (κ2) is 7.72. The highest BCUT2D eigenvalue weighted by Gasteiger charge is 2.20. The molecule has 1 aromatic heterocycles. The van der Waals surface area contributed by atoms with Crippen LogP contribution in [0.2, 0.25) is 5.02 Å². The lowest BCUT2D eigenvalue weighted by atomic mass is 9.98. The second-order valence-electron chi connectivity index (χ2n) is 7.61. The van der Waals surface area contributed by atoms with Gasteiger partial charge < -0.3 is 20.4 Å². The molecule has 1 fully saturated rings. The highest BCUT2D eigenvalue weighted by molar-refractivity contribution is 6.30. The summed E-state index contributed by atoms with van der Waals surface area (Å²) in [6.07, 6.45) is 0. The molecular formula is C24H20ClN3O3. The minimum Gasteiger partial charge on any atom is -0.378 e. The number of primary amides is 1. The molecule has 2 heterocycles. The lowest BCUT2D eigenvalue weighted by molar-refractivity contribution is 0.0303. The fourth-order valence-electron chi connectivity index (χ4n) is 4.09. The first-order valence-electron chi connectivity index (χ1n) is 10.0. The van der Waals surface area contributed by atoms with Crippen LogP contribution in [0.5, 0.6) is 0 Å². The number of H-pyrrole nitrogens is 1. The van der Waals surface area contributed by atoms with Crippen LogP contribution in [0.15, 0.2) is 54.6 Å². The van der Waals surface area contributed by atoms with Gasteiger partial charge in [-0.15, -0.1) is 0 Å². The number of morpholine rings is 1. The molecule has 156 valence electrons. The van der Waals surface area contributed by atoms with Gasteiger partial charge in [-0.25, -0.2) is 0 Å². The van der Waals surface area contributed by atoms with Crippen molar-refractivity contribution >= 4 is 45.2 Å². The van der Waals surface area contributed by atoms with Crippen molar-refractivity contribution in [1.29, 1.82) is 0 Å². The topological polar surface area (TPSA) is 88.4 Å². The number of aromatic nitrogens is 1. The van der Waals surface area contributed by atoms with Crippen LogP contribution < -0.4 is 5.73 Å². The zero-order valence-electron chi connectivity index (χ0n) is 16.7. The number of carbonyl (C=O) groups is 2. The molecule has 0 bridgehead atoms. The molecule has 7 heteroatoms. The molecule has 1 aliphatic heterocycles. The third kappa shape index (κ3) is 3.54. The minimum atomic E-state index is -0.517. The van der Waals surface area contributed by atoms with Crippen molar-refractivity contribution in [2.45, 2.75) is 0 Å². The molecule has 31 heavy (non-hydrogen) atoms. The number of ether oxygens (including phenoxy) is 1. The molecule has 3 aromatic carbocycles. The van der Waals surface area contributed by atoms with E-state index in [0.717, 1.165) is 27.4 Å². The van der Waals surface area contributed by atoms with E-state index in [2.05, 4.69) is 4.98 Å². The van der Waals surface area contributed by atoms with Gasteiger partial charge in [0.25, 0.3) is 11.8 Å². The molecule has 6 nitrogen and oxygen atoms in total. The molecule has 5 rings (SSSR count). The maximum absolute atomic E-state index is 13.0. The number of amides is 2. The molecule has 1 saturated heterocycles. The standard InChI is InChI=1S/C24H20ClN3O3/c25-17-4-1-14(2-5-17)16-12-19-18-11-15(24(30)28-7-9-31-10-8-28)3-6-21(18)27-22(19)20(13-16)23(26)29/h1-6,11-13,27H,7-10H2,(H2,26,29). The Morgan fingerprint density at radius 2 is 1.68 bits per heavy atom. The van der Waals surface area contributed by atoms with Crippen LogP contribution in [-0.2, 0) is 4.74 Å². The number of carbonyl (C=O) groups excluding carboxylic acids is 2. The quantitative estimate of drug-likeness (QED) is 0.507. The van der Waals surface area contributed by atoms with Crippen molar-refractivity contribution in [2.24, 2.45) is 5.73 Å². The number of halogens is 1. The van der Waals surface area contributed by atoms with Gasteiger partial charge in [0.05, 0.1) is 24.3 Å². The van der Waals surface area contributed by atoms with E-state index in [1.165, 1.54) is 0 Å². The van der Waals surface area contributed by atoms with Crippen LogP contribution in [-0.4, -0.2) is 48.0 Å². The molecule has 0 spiro atoms. The molecule has 0 unspecified atom stereocenters. The van der Waals surface area contributed by atoms with E-state index in [4.69, 9.17) is 22.1 Å². The van der Waals surface area contributed by atoms with Gasteiger partial charge in [0.15, 0.2) is 0 Å². The lowest BCUT2D eigenvalue weighted by Gasteiger charge is -2.26. The number of nitrogens with one attached hydrogen (secondary N) is 1. The van der Waals surface area contributed by atoms with Crippen LogP contribution in [0.25, 0.3) is 32.9 Å². The molecule has 1 aliphatic rings. The summed E-state index contributed by atoms with van der Waals surface area (Å²) in [6.45, 7) is 2.26. The summed E-state index contributed by atoms with van der Waals surface area (Å²) in [5.74, 6) is -0.541. The van der Waals surface area contributed by atoms with Gasteiger partial charge in [-0.3, -0.25) is 9.59 Å². The highest BCUT2D eigenvalue weighted by Crippen LogP contribution is 2.34. The Morgan fingerprint density at radius 1 is 0.935 bits per heavy atom. The van der Waals surface area contributed by atoms with Gasteiger partial charge in [-0.05, 0) is 53.6 Å². The predicted octanol–water partition coefficient (Wildman–Crippen LogP) is 4.21. The van der Waals surface area contributed by atoms with Gasteiger partial charge in [-0.1, -0.05) is 23.7 Å². The molecule has 4 aromatic rings. The molecule has 2 amide bonds. The zero-order valence-corrected chi connectivity index (χ0v) is 17.4. The summed E-state index contributed by atoms with van der Waals surface area (Å²) in [6, 6.07) is 16.7. The Kier molecular flexibility index (Phi) is 4.88. The first-order valence-corrected chi connectivity index (χ1v) is 10.4. The van der Waals surface area contributed by atoms with Crippen molar-refractivity contribution in [3.8, 4) is 11.1 Å². The third-order valence-corrected chi connectivity index (χ3v) is 5.95. The van der Waals surface area contributed by atoms with Crippen molar-refractivity contribution < 1.29 is 14.3 Å². The summed E-state index contributed by atoms with van der Waals surface area (Å²) < 4.78 is 5.35. The van der Waals surface area contributed by atoms with E-state index in [-0.39, 0.29) is 5.91 Å². The SMILES string of the molecule is NC(=O)c1cc(-c2ccc(Cl)cc2)cc2c1[nH]c1ccc(C(=O)N3CCOCC3)cc12. The van der Waals surface area contributed by atoms with Crippen LogP contribution in [0.1, 0.15) is 20.7 Å². The maximum Gasteiger partial charge on any atom is 0.254 e. The molecule has 3 N–H and O–H groups in total. The van der Waals surface area contributed by atoms with E-state index in [0.29, 0.717) is 48.0 Å². The van der Waals surface area contributed by atoms with E-state index in [1.54, 1.807) is 29.2 Å². The number of nitrogens with two attached hydrogens (primary N) is 1. The number of aromatic amines is 1. The number of rotatable bonds is 3. The fraction of sp³-hybridized carbons (Fsp3) is 0.167. The van der Waals surface area contributed by atoms with Crippen LogP contribution in [0, 0.1) is 0 Å². The number of nitrogens with zero attached hydrogens (tertiary/aromatic N) is 1. The lowest BCUT2D eigenvalue weighted by Crippen LogP contribution is -2.40. The van der Waals surface area contributed by atoms with Crippen LogP contribution in [0.3, 0.4) is 0 Å². The zero-order chi connectivity index (χ0) is 21.5. The van der Waals surface area contributed by atoms with Gasteiger partial charge in [0.2, 0.25) is 0 Å². The summed E-state index contributed by atoms with van der Waals surface area (Å²) in [5.41, 5.74) is 9.97. The smallest absolute Gasteiger partial charge is 0.254 e. The highest BCUT2D eigenvalue weighted by atomic mass is 35.5. The van der Waals surface area contributed by atoms with Gasteiger partial charge in [0.1, 0.15) is 0 Å². The van der Waals surface area contributed by atoms with Gasteiger partial charge >= 0.3 is 0 Å². The van der Waals surface area contributed by atoms with Gasteiger partial charge in [0, 0.05) is 40.0 Å². The van der Waals surface area contributed by atoms with Crippen molar-refractivity contribution in [1.82, 2.24) is 9.88 Å². The van der Waals surface area contributed by atoms with Crippen molar-refractivity contribution in [3.63, 3.8) is 0 Å². The summed E-state index contributed by atoms with van der Waals surface area (Å²) >= 11 is 6.02. The van der Waals surface area contributed by atoms with E-state index < -0.39 is 5.91 Å². The van der Waals surface area contributed by atoms with E-state index >= 15 is 0 Å². The van der Waals surface area contributed by atoms with Crippen LogP contribution in [0.4, 0.5) is 0 Å². The monoisotopic (exact) mass is 433 g/mol. The number of fused-ring (bicyclic) bond motifs is 3. The molecule has 0 saturated carbocycles. The third-order valence-electron chi connectivity index (χ3n) is 5.70. The van der Waals surface area contributed by atoms with Crippen LogP contribution >= 0.6 is 11.6 Å². The second-order valence-corrected chi connectivity index (χ2v) is 8.04. The Bertz CT molecular complexity index is 1320. The first-order chi connectivity index (χ1) is 15.0. The maximum atomic E-state index is 13.0. The Labute approximate surface area is 183 Å². The molecule has 0 aliphatic carbocycles. The average Bonchev–Trinajstić information content (AvgIpc) is 3.16. The van der Waals surface area contributed by atoms with Crippen molar-refractivity contribution in [2.75, 3.05) is 26.3 Å². The summed E-state index contributed by atoms with van der Waals surface area (Å²) in [5, 5.41) is 2.35. The summed E-state index contributed by atoms with van der Waals surface area (Å²) in [4.78, 5) is 30.3. The Hall–Kier alpha value is -3.35. The number of benzene rings is 3. The fourth-order valence-corrected chi connectivity index (χ4v) is 4.21. The molecular weight excluding hydrogens is 414 g/mol. The van der Waals surface area contributed by atoms with E-state index in [9.17, 15) is 9.59 Å². The first kappa shape index (κ1) is 19.6. The molecule has 0 atom stereocenters. The minimum absolute atomic E-state index is 0.0245. The Morgan fingerprint density at radius 3 is 2.39 bits per heavy atom. The Balaban J connectivity index is 1.68. The predicted molar refractivity (Wildman–Crippen MR) is 121 cm³/mol. The number of hydrogen-bond acceptors (Lipinski definition) is 3. The molecule has 0 radical (unpaired) electrons. The van der Waals surface area contributed by atoms with Gasteiger partial charge in [-0.2, -0.15) is 0 Å². The number of hydrogen-bond donors (Lipinski definition) is 2. The van der Waals surface area contributed by atoms with Crippen molar-refractivity contribution in [3.05, 3.63) is 70.7 Å². The summed E-state index contributed by atoms with van der Waals surface area (Å²) in [7, 11) is 0. The normalized spacial score (nSPS) is 14.3. The van der Waals surface area contributed by atoms with E-state index in [1.807, 2.05) is 30.3 Å². The average molecular weight is 434 g/mol. The largest absolute Gasteiger partial charge is 0.378 e.